The molecule has 2 rings (SSSR count). The third kappa shape index (κ3) is 3.53. The van der Waals surface area contributed by atoms with Crippen LogP contribution < -0.4 is 5.73 Å². The first-order valence-electron chi connectivity index (χ1n) is 6.11. The fraction of sp³-hybridized carbons (Fsp3) is 0.385. The fourth-order valence-corrected chi connectivity index (χ4v) is 1.95. The lowest BCUT2D eigenvalue weighted by atomic mass is 10.1. The molecule has 0 saturated carbocycles. The monoisotopic (exact) mass is 299 g/mol. The molecule has 0 fully saturated rings. The average molecular weight is 300 g/mol. The third-order valence-electron chi connectivity index (χ3n) is 2.89. The minimum Gasteiger partial charge on any atom is -0.380 e. The van der Waals surface area contributed by atoms with Crippen molar-refractivity contribution in [1.29, 1.82) is 0 Å². The molecule has 1 aromatic carbocycles. The average Bonchev–Trinajstić information content (AvgIpc) is 2.88. The molecule has 7 heteroatoms. The van der Waals surface area contributed by atoms with Crippen molar-refractivity contribution in [2.24, 2.45) is 5.73 Å². The van der Waals surface area contributed by atoms with E-state index in [0.717, 1.165) is 0 Å². The van der Waals surface area contributed by atoms with Gasteiger partial charge in [-0.15, -0.1) is 0 Å². The molecule has 1 aromatic heterocycles. The van der Waals surface area contributed by atoms with Crippen LogP contribution in [0.1, 0.15) is 17.3 Å². The van der Waals surface area contributed by atoms with Gasteiger partial charge >= 0.3 is 0 Å². The second kappa shape index (κ2) is 6.78. The summed E-state index contributed by atoms with van der Waals surface area (Å²) in [5, 5.41) is 3.89. The Morgan fingerprint density at radius 3 is 3.00 bits per heavy atom. The summed E-state index contributed by atoms with van der Waals surface area (Å²) in [6, 6.07) is 4.80. The third-order valence-corrected chi connectivity index (χ3v) is 3.18. The highest BCUT2D eigenvalue weighted by molar-refractivity contribution is 6.30. The molecule has 0 bridgehead atoms. The van der Waals surface area contributed by atoms with Gasteiger partial charge in [0.05, 0.1) is 17.5 Å². The molecule has 0 amide bonds. The molecule has 1 unspecified atom stereocenters. The summed E-state index contributed by atoms with van der Waals surface area (Å²) in [7, 11) is 1.57. The summed E-state index contributed by atoms with van der Waals surface area (Å²) in [5.74, 6) is 0.352. The van der Waals surface area contributed by atoms with E-state index in [4.69, 9.17) is 26.6 Å². The van der Waals surface area contributed by atoms with Gasteiger partial charge in [0.25, 0.3) is 0 Å². The predicted octanol–water partition coefficient (Wildman–Crippen LogP) is 1.97. The lowest BCUT2D eigenvalue weighted by Crippen LogP contribution is -2.24. The number of hydrogen-bond acceptors (Lipinski definition) is 5. The maximum absolute atomic E-state index is 13.8. The molecular formula is C13H15ClFN3O2. The smallest absolute Gasteiger partial charge is 0.229 e. The molecule has 5 nitrogen and oxygen atoms in total. The molecule has 0 spiro atoms. The SMILES string of the molecule is COC(CN)Cc1nc(Cc2cccc(Cl)c2F)no1. The fourth-order valence-electron chi connectivity index (χ4n) is 1.76. The van der Waals surface area contributed by atoms with Gasteiger partial charge in [-0.25, -0.2) is 4.39 Å². The van der Waals surface area contributed by atoms with Crippen LogP contribution in [0.3, 0.4) is 0 Å². The van der Waals surface area contributed by atoms with Crippen molar-refractivity contribution in [2.75, 3.05) is 13.7 Å². The number of methoxy groups -OCH3 is 1. The number of hydrogen-bond donors (Lipinski definition) is 1. The van der Waals surface area contributed by atoms with Crippen LogP contribution in [0.4, 0.5) is 4.39 Å². The Kier molecular flexibility index (Phi) is 5.05. The van der Waals surface area contributed by atoms with Crippen molar-refractivity contribution >= 4 is 11.6 Å². The molecule has 1 atom stereocenters. The molecule has 0 aliphatic heterocycles. The van der Waals surface area contributed by atoms with Crippen LogP contribution in [0.2, 0.25) is 5.02 Å². The van der Waals surface area contributed by atoms with Gasteiger partial charge in [-0.2, -0.15) is 4.98 Å². The second-order valence-corrected chi connectivity index (χ2v) is 4.70. The minimum atomic E-state index is -0.461. The maximum atomic E-state index is 13.8. The normalized spacial score (nSPS) is 12.6. The molecule has 108 valence electrons. The summed E-state index contributed by atoms with van der Waals surface area (Å²) >= 11 is 5.72. The van der Waals surface area contributed by atoms with E-state index in [0.29, 0.717) is 30.2 Å². The number of benzene rings is 1. The van der Waals surface area contributed by atoms with Gasteiger partial charge < -0.3 is 15.0 Å². The van der Waals surface area contributed by atoms with E-state index in [1.165, 1.54) is 6.07 Å². The van der Waals surface area contributed by atoms with Crippen molar-refractivity contribution in [2.45, 2.75) is 18.9 Å². The highest BCUT2D eigenvalue weighted by atomic mass is 35.5. The van der Waals surface area contributed by atoms with Crippen LogP contribution in [-0.2, 0) is 17.6 Å². The Morgan fingerprint density at radius 2 is 2.30 bits per heavy atom. The zero-order chi connectivity index (χ0) is 14.5. The van der Waals surface area contributed by atoms with E-state index in [-0.39, 0.29) is 17.5 Å². The molecule has 0 radical (unpaired) electrons. The molecule has 1 heterocycles. The van der Waals surface area contributed by atoms with E-state index in [1.54, 1.807) is 19.2 Å². The maximum Gasteiger partial charge on any atom is 0.229 e. The first-order chi connectivity index (χ1) is 9.63. The van der Waals surface area contributed by atoms with Crippen molar-refractivity contribution in [3.05, 3.63) is 46.3 Å². The molecule has 20 heavy (non-hydrogen) atoms. The van der Waals surface area contributed by atoms with Crippen molar-refractivity contribution in [3.8, 4) is 0 Å². The molecule has 0 aliphatic rings. The van der Waals surface area contributed by atoms with Crippen LogP contribution in [0.25, 0.3) is 0 Å². The first kappa shape index (κ1) is 14.9. The summed E-state index contributed by atoms with van der Waals surface area (Å²) in [6.45, 7) is 0.358. The minimum absolute atomic E-state index is 0.0776. The Labute approximate surface area is 120 Å². The van der Waals surface area contributed by atoms with Crippen LogP contribution in [0.5, 0.6) is 0 Å². The van der Waals surface area contributed by atoms with Gasteiger partial charge in [-0.3, -0.25) is 0 Å². The second-order valence-electron chi connectivity index (χ2n) is 4.29. The summed E-state index contributed by atoms with van der Waals surface area (Å²) in [5.41, 5.74) is 5.94. The van der Waals surface area contributed by atoms with Gasteiger partial charge in [-0.05, 0) is 11.6 Å². The molecular weight excluding hydrogens is 285 g/mol. The van der Waals surface area contributed by atoms with E-state index in [2.05, 4.69) is 10.1 Å². The molecule has 0 aliphatic carbocycles. The van der Waals surface area contributed by atoms with Gasteiger partial charge in [0, 0.05) is 20.1 Å². The van der Waals surface area contributed by atoms with Crippen molar-refractivity contribution in [1.82, 2.24) is 10.1 Å². The molecule has 0 saturated heterocycles. The number of ether oxygens (including phenoxy) is 1. The van der Waals surface area contributed by atoms with Crippen molar-refractivity contribution in [3.63, 3.8) is 0 Å². The summed E-state index contributed by atoms with van der Waals surface area (Å²) in [4.78, 5) is 4.19. The van der Waals surface area contributed by atoms with E-state index < -0.39 is 5.82 Å². The zero-order valence-electron chi connectivity index (χ0n) is 11.0. The first-order valence-corrected chi connectivity index (χ1v) is 6.49. The van der Waals surface area contributed by atoms with Gasteiger partial charge in [-0.1, -0.05) is 28.9 Å². The van der Waals surface area contributed by atoms with E-state index in [1.807, 2.05) is 0 Å². The molecule has 2 N–H and O–H groups in total. The largest absolute Gasteiger partial charge is 0.380 e. The summed E-state index contributed by atoms with van der Waals surface area (Å²) < 4.78 is 24.0. The summed E-state index contributed by atoms with van der Waals surface area (Å²) in [6.07, 6.45) is 0.472. The van der Waals surface area contributed by atoms with Gasteiger partial charge in [0.1, 0.15) is 5.82 Å². The van der Waals surface area contributed by atoms with Gasteiger partial charge in [0.2, 0.25) is 5.89 Å². The van der Waals surface area contributed by atoms with Crippen LogP contribution in [-0.4, -0.2) is 29.9 Å². The highest BCUT2D eigenvalue weighted by Gasteiger charge is 2.14. The predicted molar refractivity (Wildman–Crippen MR) is 72.1 cm³/mol. The number of aromatic nitrogens is 2. The lowest BCUT2D eigenvalue weighted by Gasteiger charge is -2.08. The van der Waals surface area contributed by atoms with E-state index in [9.17, 15) is 4.39 Å². The Bertz CT molecular complexity index is 572. The Morgan fingerprint density at radius 1 is 1.50 bits per heavy atom. The Balaban J connectivity index is 2.08. The van der Waals surface area contributed by atoms with Crippen LogP contribution >= 0.6 is 11.6 Å². The number of halogens is 2. The molecule has 2 aromatic rings. The Hall–Kier alpha value is -1.50. The van der Waals surface area contributed by atoms with Crippen LogP contribution in [0.15, 0.2) is 22.7 Å². The zero-order valence-corrected chi connectivity index (χ0v) is 11.7. The number of nitrogens with two attached hydrogens (primary N) is 1. The topological polar surface area (TPSA) is 74.2 Å². The van der Waals surface area contributed by atoms with Crippen LogP contribution in [0, 0.1) is 5.82 Å². The number of nitrogens with zero attached hydrogens (tertiary/aromatic N) is 2. The quantitative estimate of drug-likeness (QED) is 0.882. The van der Waals surface area contributed by atoms with E-state index >= 15 is 0 Å². The lowest BCUT2D eigenvalue weighted by molar-refractivity contribution is 0.102. The van der Waals surface area contributed by atoms with Gasteiger partial charge in [0.15, 0.2) is 5.82 Å². The van der Waals surface area contributed by atoms with Crippen molar-refractivity contribution < 1.29 is 13.7 Å². The number of rotatable bonds is 6. The standard InChI is InChI=1S/C13H15ClFN3O2/c1-19-9(7-16)6-12-17-11(18-20-12)5-8-3-2-4-10(14)13(8)15/h2-4,9H,5-7,16H2,1H3. The highest BCUT2D eigenvalue weighted by Crippen LogP contribution is 2.19.